The summed E-state index contributed by atoms with van der Waals surface area (Å²) in [5.41, 5.74) is 1.36. The lowest BCUT2D eigenvalue weighted by Gasteiger charge is -2.08. The number of nitrogens with zero attached hydrogens (tertiary/aromatic N) is 1. The van der Waals surface area contributed by atoms with E-state index in [0.29, 0.717) is 23.7 Å². The van der Waals surface area contributed by atoms with Crippen molar-refractivity contribution in [2.45, 2.75) is 19.8 Å². The highest BCUT2D eigenvalue weighted by atomic mass is 35.5. The smallest absolute Gasteiger partial charge is 0.101 e. The first kappa shape index (κ1) is 13.8. The predicted molar refractivity (Wildman–Crippen MR) is 70.4 cm³/mol. The summed E-state index contributed by atoms with van der Waals surface area (Å²) in [5.74, 6) is 0. The number of unbranched alkanes of at least 4 members (excludes halogenated alkanes) is 1. The molecule has 0 unspecified atom stereocenters. The van der Waals surface area contributed by atoms with Crippen LogP contribution in [0.2, 0.25) is 5.02 Å². The molecule has 0 heterocycles. The lowest BCUT2D eigenvalue weighted by Crippen LogP contribution is -2.10. The molecule has 3 nitrogen and oxygen atoms in total. The van der Waals surface area contributed by atoms with Gasteiger partial charge in [0, 0.05) is 18.2 Å². The maximum Gasteiger partial charge on any atom is 0.101 e. The lowest BCUT2D eigenvalue weighted by molar-refractivity contribution is 0.141. The van der Waals surface area contributed by atoms with Crippen molar-refractivity contribution in [1.82, 2.24) is 0 Å². The van der Waals surface area contributed by atoms with Crippen LogP contribution in [0.25, 0.3) is 0 Å². The molecule has 17 heavy (non-hydrogen) atoms. The van der Waals surface area contributed by atoms with Gasteiger partial charge in [0.2, 0.25) is 0 Å². The fourth-order valence-corrected chi connectivity index (χ4v) is 1.54. The van der Waals surface area contributed by atoms with E-state index < -0.39 is 0 Å². The van der Waals surface area contributed by atoms with Crippen molar-refractivity contribution in [2.24, 2.45) is 0 Å². The van der Waals surface area contributed by atoms with Crippen LogP contribution in [-0.2, 0) is 4.74 Å². The van der Waals surface area contributed by atoms with Crippen molar-refractivity contribution in [1.29, 1.82) is 5.26 Å². The van der Waals surface area contributed by atoms with Crippen molar-refractivity contribution >= 4 is 17.3 Å². The highest BCUT2D eigenvalue weighted by molar-refractivity contribution is 6.30. The summed E-state index contributed by atoms with van der Waals surface area (Å²) in [6.45, 7) is 4.27. The minimum absolute atomic E-state index is 0.561. The molecule has 92 valence electrons. The van der Waals surface area contributed by atoms with Gasteiger partial charge in [-0.25, -0.2) is 0 Å². The van der Waals surface area contributed by atoms with Gasteiger partial charge in [-0.3, -0.25) is 0 Å². The molecule has 0 saturated heterocycles. The Balaban J connectivity index is 2.34. The molecule has 1 rings (SSSR count). The van der Waals surface area contributed by atoms with Crippen LogP contribution in [0.1, 0.15) is 25.3 Å². The number of anilines is 1. The molecular weight excluding hydrogens is 236 g/mol. The van der Waals surface area contributed by atoms with Gasteiger partial charge in [-0.1, -0.05) is 24.9 Å². The highest BCUT2D eigenvalue weighted by Crippen LogP contribution is 2.19. The SMILES string of the molecule is CCCCOCCNc1ccc(Cl)cc1C#N. The molecule has 0 saturated carbocycles. The number of benzene rings is 1. The monoisotopic (exact) mass is 252 g/mol. The Morgan fingerprint density at radius 3 is 2.94 bits per heavy atom. The number of ether oxygens (including phenoxy) is 1. The van der Waals surface area contributed by atoms with Gasteiger partial charge in [0.1, 0.15) is 6.07 Å². The van der Waals surface area contributed by atoms with Gasteiger partial charge in [-0.2, -0.15) is 5.26 Å². The van der Waals surface area contributed by atoms with Crippen molar-refractivity contribution in [3.05, 3.63) is 28.8 Å². The summed E-state index contributed by atoms with van der Waals surface area (Å²) in [6, 6.07) is 7.34. The fraction of sp³-hybridized carbons (Fsp3) is 0.462. The second-order valence-electron chi connectivity index (χ2n) is 3.69. The lowest BCUT2D eigenvalue weighted by atomic mass is 10.2. The van der Waals surface area contributed by atoms with E-state index in [1.54, 1.807) is 12.1 Å². The normalized spacial score (nSPS) is 9.94. The summed E-state index contributed by atoms with van der Waals surface area (Å²) >= 11 is 5.81. The van der Waals surface area contributed by atoms with E-state index in [9.17, 15) is 0 Å². The number of halogens is 1. The third-order valence-corrected chi connectivity index (χ3v) is 2.54. The Morgan fingerprint density at radius 2 is 2.24 bits per heavy atom. The van der Waals surface area contributed by atoms with Crippen LogP contribution >= 0.6 is 11.6 Å². The Bertz CT molecular complexity index is 387. The van der Waals surface area contributed by atoms with Crippen LogP contribution in [0.5, 0.6) is 0 Å². The van der Waals surface area contributed by atoms with Crippen molar-refractivity contribution < 1.29 is 4.74 Å². The number of rotatable bonds is 7. The van der Waals surface area contributed by atoms with Gasteiger partial charge in [0.15, 0.2) is 0 Å². The molecule has 0 fully saturated rings. The van der Waals surface area contributed by atoms with Gasteiger partial charge in [-0.15, -0.1) is 0 Å². The molecule has 0 radical (unpaired) electrons. The van der Waals surface area contributed by atoms with Gasteiger partial charge in [-0.05, 0) is 24.6 Å². The predicted octanol–water partition coefficient (Wildman–Crippen LogP) is 3.44. The van der Waals surface area contributed by atoms with E-state index in [-0.39, 0.29) is 0 Å². The first-order valence-electron chi connectivity index (χ1n) is 5.79. The molecule has 0 aromatic heterocycles. The van der Waals surface area contributed by atoms with Gasteiger partial charge in [0.05, 0.1) is 17.9 Å². The van der Waals surface area contributed by atoms with Crippen molar-refractivity contribution in [2.75, 3.05) is 25.1 Å². The molecule has 1 aromatic carbocycles. The average Bonchev–Trinajstić information content (AvgIpc) is 2.35. The largest absolute Gasteiger partial charge is 0.382 e. The Hall–Kier alpha value is -1.24. The second kappa shape index (κ2) is 7.94. The van der Waals surface area contributed by atoms with Crippen LogP contribution in [0.4, 0.5) is 5.69 Å². The zero-order valence-corrected chi connectivity index (χ0v) is 10.8. The average molecular weight is 253 g/mol. The second-order valence-corrected chi connectivity index (χ2v) is 4.13. The summed E-state index contributed by atoms with van der Waals surface area (Å²) in [6.07, 6.45) is 2.23. The molecule has 4 heteroatoms. The molecule has 0 aliphatic heterocycles. The summed E-state index contributed by atoms with van der Waals surface area (Å²) in [7, 11) is 0. The zero-order chi connectivity index (χ0) is 12.5. The first-order valence-corrected chi connectivity index (χ1v) is 6.17. The molecule has 0 aliphatic rings. The molecular formula is C13H17ClN2O. The van der Waals surface area contributed by atoms with E-state index in [1.165, 1.54) is 0 Å². The van der Waals surface area contributed by atoms with E-state index in [2.05, 4.69) is 18.3 Å². The van der Waals surface area contributed by atoms with E-state index >= 15 is 0 Å². The van der Waals surface area contributed by atoms with Crippen LogP contribution < -0.4 is 5.32 Å². The summed E-state index contributed by atoms with van der Waals surface area (Å²) < 4.78 is 5.42. The molecule has 1 aromatic rings. The maximum absolute atomic E-state index is 8.94. The maximum atomic E-state index is 8.94. The van der Waals surface area contributed by atoms with Crippen molar-refractivity contribution in [3.63, 3.8) is 0 Å². The van der Waals surface area contributed by atoms with Crippen LogP contribution in [0, 0.1) is 11.3 Å². The zero-order valence-electron chi connectivity index (χ0n) is 10.0. The number of nitrogens with one attached hydrogen (secondary N) is 1. The van der Waals surface area contributed by atoms with Gasteiger partial charge >= 0.3 is 0 Å². The third-order valence-electron chi connectivity index (χ3n) is 2.31. The number of hydrogen-bond donors (Lipinski definition) is 1. The summed E-state index contributed by atoms with van der Waals surface area (Å²) in [5, 5.41) is 12.7. The third kappa shape index (κ3) is 5.08. The van der Waals surface area contributed by atoms with Crippen LogP contribution in [0.15, 0.2) is 18.2 Å². The number of nitriles is 1. The van der Waals surface area contributed by atoms with Crippen LogP contribution in [0.3, 0.4) is 0 Å². The molecule has 0 spiro atoms. The van der Waals surface area contributed by atoms with Crippen molar-refractivity contribution in [3.8, 4) is 6.07 Å². The minimum atomic E-state index is 0.561. The standard InChI is InChI=1S/C13H17ClN2O/c1-2-3-7-17-8-6-16-13-5-4-12(14)9-11(13)10-15/h4-5,9,16H,2-3,6-8H2,1H3. The quantitative estimate of drug-likeness (QED) is 0.756. The Kier molecular flexibility index (Phi) is 6.46. The first-order chi connectivity index (χ1) is 8.27. The van der Waals surface area contributed by atoms with Gasteiger partial charge in [0.25, 0.3) is 0 Å². The topological polar surface area (TPSA) is 45.0 Å². The van der Waals surface area contributed by atoms with Crippen LogP contribution in [-0.4, -0.2) is 19.8 Å². The van der Waals surface area contributed by atoms with E-state index in [0.717, 1.165) is 25.1 Å². The Morgan fingerprint density at radius 1 is 1.41 bits per heavy atom. The molecule has 1 N–H and O–H groups in total. The van der Waals surface area contributed by atoms with Gasteiger partial charge < -0.3 is 10.1 Å². The Labute approximate surface area is 107 Å². The number of hydrogen-bond acceptors (Lipinski definition) is 3. The van der Waals surface area contributed by atoms with E-state index in [4.69, 9.17) is 21.6 Å². The highest BCUT2D eigenvalue weighted by Gasteiger charge is 2.01. The van der Waals surface area contributed by atoms with E-state index in [1.807, 2.05) is 6.07 Å². The molecule has 0 atom stereocenters. The minimum Gasteiger partial charge on any atom is -0.382 e. The molecule has 0 aliphatic carbocycles. The summed E-state index contributed by atoms with van der Waals surface area (Å²) in [4.78, 5) is 0. The molecule has 0 bridgehead atoms. The molecule has 0 amide bonds. The fourth-order valence-electron chi connectivity index (χ4n) is 1.37.